The van der Waals surface area contributed by atoms with Crippen LogP contribution in [0.4, 0.5) is 0 Å². The summed E-state index contributed by atoms with van der Waals surface area (Å²) in [6.45, 7) is 6.65. The fourth-order valence-electron chi connectivity index (χ4n) is 5.12. The van der Waals surface area contributed by atoms with E-state index < -0.39 is 64.0 Å². The van der Waals surface area contributed by atoms with Gasteiger partial charge in [-0.05, 0) is 87.4 Å². The van der Waals surface area contributed by atoms with Crippen LogP contribution in [-0.2, 0) is 70.6 Å². The molecule has 3 aromatic rings. The van der Waals surface area contributed by atoms with Crippen molar-refractivity contribution in [2.75, 3.05) is 40.5 Å². The molecule has 0 fully saturated rings. The molecule has 0 spiro atoms. The monoisotopic (exact) mass is 826 g/mol. The lowest BCUT2D eigenvalue weighted by Crippen LogP contribution is -2.32. The average Bonchev–Trinajstić information content (AvgIpc) is 3.20. The van der Waals surface area contributed by atoms with Crippen molar-refractivity contribution in [3.8, 4) is 11.5 Å². The first kappa shape index (κ1) is 47.3. The molecule has 15 heteroatoms. The minimum atomic E-state index is -3.67. The van der Waals surface area contributed by atoms with Gasteiger partial charge in [-0.1, -0.05) is 42.0 Å². The Morgan fingerprint density at radius 3 is 1.66 bits per heavy atom. The van der Waals surface area contributed by atoms with Crippen LogP contribution in [0.2, 0.25) is 0 Å². The SMILES string of the molecule is COCO[C@@H](C)CC(=O)O[C@@H](C)[C@@H](/C=C/C(=O)O[C@@H](C)[C@@H](/C=C/C(=O)OCCS(=O)(=O)c1ccc(C)cc1)OCc1ccc(OC)cc1)OCc1ccc(OC)cc1. The molecule has 0 saturated carbocycles. The number of methoxy groups -OCH3 is 3. The summed E-state index contributed by atoms with van der Waals surface area (Å²) >= 11 is 0. The molecular formula is C43H54O14S. The van der Waals surface area contributed by atoms with Gasteiger partial charge in [-0.3, -0.25) is 4.79 Å². The van der Waals surface area contributed by atoms with E-state index in [-0.39, 0.29) is 37.9 Å². The van der Waals surface area contributed by atoms with E-state index in [0.29, 0.717) is 11.5 Å². The Morgan fingerprint density at radius 1 is 0.655 bits per heavy atom. The van der Waals surface area contributed by atoms with E-state index in [9.17, 15) is 22.8 Å². The van der Waals surface area contributed by atoms with Gasteiger partial charge in [0, 0.05) is 19.3 Å². The third-order valence-electron chi connectivity index (χ3n) is 8.49. The van der Waals surface area contributed by atoms with Gasteiger partial charge in [0.2, 0.25) is 0 Å². The molecule has 58 heavy (non-hydrogen) atoms. The summed E-state index contributed by atoms with van der Waals surface area (Å²) in [5.41, 5.74) is 2.50. The van der Waals surface area contributed by atoms with Crippen LogP contribution >= 0.6 is 0 Å². The molecule has 14 nitrogen and oxygen atoms in total. The first-order valence-corrected chi connectivity index (χ1v) is 20.2. The summed E-state index contributed by atoms with van der Waals surface area (Å²) < 4.78 is 74.7. The van der Waals surface area contributed by atoms with Gasteiger partial charge in [0.05, 0.1) is 50.6 Å². The molecule has 0 aliphatic heterocycles. The second-order valence-electron chi connectivity index (χ2n) is 13.2. The van der Waals surface area contributed by atoms with Gasteiger partial charge in [-0.2, -0.15) is 0 Å². The predicted octanol–water partition coefficient (Wildman–Crippen LogP) is 5.87. The minimum absolute atomic E-state index is 0.0233. The van der Waals surface area contributed by atoms with E-state index in [4.69, 9.17) is 42.6 Å². The molecular weight excluding hydrogens is 773 g/mol. The van der Waals surface area contributed by atoms with Crippen LogP contribution in [-0.4, -0.2) is 97.3 Å². The van der Waals surface area contributed by atoms with Crippen LogP contribution in [0.25, 0.3) is 0 Å². The number of esters is 3. The van der Waals surface area contributed by atoms with Crippen LogP contribution < -0.4 is 9.47 Å². The van der Waals surface area contributed by atoms with Gasteiger partial charge in [-0.25, -0.2) is 18.0 Å². The minimum Gasteiger partial charge on any atom is -0.497 e. The molecule has 5 atom stereocenters. The number of hydrogen-bond donors (Lipinski definition) is 0. The second kappa shape index (κ2) is 24.7. The molecule has 3 aromatic carbocycles. The zero-order valence-electron chi connectivity index (χ0n) is 34.0. The third-order valence-corrected chi connectivity index (χ3v) is 10.2. The highest BCUT2D eigenvalue weighted by molar-refractivity contribution is 7.91. The van der Waals surface area contributed by atoms with E-state index >= 15 is 0 Å². The number of carbonyl (C=O) groups excluding carboxylic acids is 3. The van der Waals surface area contributed by atoms with Gasteiger partial charge in [0.25, 0.3) is 0 Å². The van der Waals surface area contributed by atoms with Crippen molar-refractivity contribution in [3.63, 3.8) is 0 Å². The maximum atomic E-state index is 13.2. The Morgan fingerprint density at radius 2 is 1.16 bits per heavy atom. The van der Waals surface area contributed by atoms with Crippen LogP contribution in [0.5, 0.6) is 11.5 Å². The summed E-state index contributed by atoms with van der Waals surface area (Å²) in [7, 11) is 0.923. The Kier molecular flexibility index (Phi) is 20.1. The van der Waals surface area contributed by atoms with Crippen LogP contribution in [0.15, 0.2) is 102 Å². The molecule has 0 amide bonds. The highest BCUT2D eigenvalue weighted by Crippen LogP contribution is 2.18. The molecule has 0 bridgehead atoms. The highest BCUT2D eigenvalue weighted by Gasteiger charge is 2.24. The summed E-state index contributed by atoms with van der Waals surface area (Å²) in [6.07, 6.45) is 1.03. The van der Waals surface area contributed by atoms with E-state index in [1.54, 1.807) is 83.5 Å². The van der Waals surface area contributed by atoms with Gasteiger partial charge in [-0.15, -0.1) is 0 Å². The maximum Gasteiger partial charge on any atom is 0.330 e. The number of sulfone groups is 1. The fraction of sp³-hybridized carbons (Fsp3) is 0.419. The van der Waals surface area contributed by atoms with E-state index in [0.717, 1.165) is 28.8 Å². The Bertz CT molecular complexity index is 1870. The molecule has 0 aliphatic carbocycles. The Hall–Kier alpha value is -5.06. The van der Waals surface area contributed by atoms with Crippen molar-refractivity contribution in [1.29, 1.82) is 0 Å². The summed E-state index contributed by atoms with van der Waals surface area (Å²) in [5.74, 6) is -1.18. The van der Waals surface area contributed by atoms with Crippen molar-refractivity contribution in [3.05, 3.63) is 114 Å². The molecule has 316 valence electrons. The second-order valence-corrected chi connectivity index (χ2v) is 15.3. The van der Waals surface area contributed by atoms with Crippen molar-refractivity contribution >= 4 is 27.7 Å². The van der Waals surface area contributed by atoms with Crippen LogP contribution in [0.3, 0.4) is 0 Å². The zero-order valence-corrected chi connectivity index (χ0v) is 34.8. The van der Waals surface area contributed by atoms with Crippen LogP contribution in [0.1, 0.15) is 43.9 Å². The standard InChI is InChI=1S/C43H54O14S/c1-30-8-18-38(19-9-30)58(47,48)25-24-52-41(44)22-20-39(53-27-34-10-14-36(50-6)15-11-34)32(3)56-42(45)23-21-40(54-28-35-12-16-37(51-7)17-13-35)33(4)57-43(46)26-31(2)55-29-49-5/h8-23,31-33,39-40H,24-29H2,1-7H3/b22-20+,23-21+/t31-,32-,33-,39+,40+/m0/s1. The average molecular weight is 827 g/mol. The van der Waals surface area contributed by atoms with Gasteiger partial charge in [0.1, 0.15) is 49.3 Å². The molecule has 0 aliphatic rings. The number of hydrogen-bond acceptors (Lipinski definition) is 14. The summed E-state index contributed by atoms with van der Waals surface area (Å²) in [5, 5.41) is 0. The number of aryl methyl sites for hydroxylation is 1. The third kappa shape index (κ3) is 17.2. The van der Waals surface area contributed by atoms with E-state index in [1.165, 1.54) is 31.4 Å². The zero-order chi connectivity index (χ0) is 42.5. The number of rotatable bonds is 25. The number of ether oxygens (including phenoxy) is 9. The first-order valence-electron chi connectivity index (χ1n) is 18.5. The van der Waals surface area contributed by atoms with Gasteiger partial charge in [0.15, 0.2) is 9.84 Å². The van der Waals surface area contributed by atoms with Crippen molar-refractivity contribution in [2.24, 2.45) is 0 Å². The Labute approximate surface area is 340 Å². The summed E-state index contributed by atoms with van der Waals surface area (Å²) in [6, 6.07) is 20.7. The van der Waals surface area contributed by atoms with Crippen molar-refractivity contribution < 1.29 is 65.4 Å². The highest BCUT2D eigenvalue weighted by atomic mass is 32.2. The maximum absolute atomic E-state index is 13.2. The number of benzene rings is 3. The molecule has 0 unspecified atom stereocenters. The first-order chi connectivity index (χ1) is 27.7. The molecule has 0 N–H and O–H groups in total. The van der Waals surface area contributed by atoms with Gasteiger partial charge >= 0.3 is 17.9 Å². The Balaban J connectivity index is 1.70. The van der Waals surface area contributed by atoms with E-state index in [2.05, 4.69) is 0 Å². The quantitative estimate of drug-likeness (QED) is 0.0430. The van der Waals surface area contributed by atoms with Crippen LogP contribution in [0, 0.1) is 6.92 Å². The molecule has 0 radical (unpaired) electrons. The largest absolute Gasteiger partial charge is 0.497 e. The fourth-order valence-corrected chi connectivity index (χ4v) is 6.21. The molecule has 3 rings (SSSR count). The lowest BCUT2D eigenvalue weighted by molar-refractivity contribution is -0.159. The summed E-state index contributed by atoms with van der Waals surface area (Å²) in [4.78, 5) is 38.7. The lowest BCUT2D eigenvalue weighted by Gasteiger charge is -2.23. The molecule has 0 saturated heterocycles. The predicted molar refractivity (Wildman–Crippen MR) is 214 cm³/mol. The lowest BCUT2D eigenvalue weighted by atomic mass is 10.1. The normalized spacial score (nSPS) is 14.3. The molecule has 0 heterocycles. The van der Waals surface area contributed by atoms with Crippen molar-refractivity contribution in [1.82, 2.24) is 0 Å². The van der Waals surface area contributed by atoms with Crippen molar-refractivity contribution in [2.45, 2.75) is 82.7 Å². The smallest absolute Gasteiger partial charge is 0.330 e. The topological polar surface area (TPSA) is 168 Å². The molecule has 0 aromatic heterocycles. The van der Waals surface area contributed by atoms with Gasteiger partial charge < -0.3 is 42.6 Å². The van der Waals surface area contributed by atoms with E-state index in [1.807, 2.05) is 19.1 Å². The number of carbonyl (C=O) groups is 3.